The van der Waals surface area contributed by atoms with E-state index in [9.17, 15) is 4.79 Å². The van der Waals surface area contributed by atoms with E-state index in [1.54, 1.807) is 0 Å². The number of benzene rings is 2. The molecular weight excluding hydrogens is 418 g/mol. The lowest BCUT2D eigenvalue weighted by atomic mass is 9.98. The second-order valence-electron chi connectivity index (χ2n) is 9.41. The number of nitrogens with zero attached hydrogens (tertiary/aromatic N) is 2. The Morgan fingerprint density at radius 1 is 0.912 bits per heavy atom. The van der Waals surface area contributed by atoms with Gasteiger partial charge in [-0.2, -0.15) is 0 Å². The standard InChI is InChI=1S/C30H39N3O/c1-3-20-32(21-4-2)22-10-19-31-30(34)25-15-17-27(18-16-25)33-28-14-9-8-13-26(28)23-29(33)24-11-6-5-7-12-24/h5-7,11-12,15-18,23H,3-4,8-10,13-14,19-22H2,1-2H3,(H,31,34). The molecule has 0 bridgehead atoms. The maximum atomic E-state index is 12.7. The lowest BCUT2D eigenvalue weighted by Crippen LogP contribution is -2.31. The first-order valence-electron chi connectivity index (χ1n) is 13.1. The quantitative estimate of drug-likeness (QED) is 0.345. The summed E-state index contributed by atoms with van der Waals surface area (Å²) in [7, 11) is 0. The van der Waals surface area contributed by atoms with Crippen LogP contribution in [0.25, 0.3) is 16.9 Å². The van der Waals surface area contributed by atoms with Gasteiger partial charge in [0, 0.05) is 23.5 Å². The topological polar surface area (TPSA) is 37.3 Å². The van der Waals surface area contributed by atoms with Crippen molar-refractivity contribution in [3.63, 3.8) is 0 Å². The van der Waals surface area contributed by atoms with Gasteiger partial charge in [0.15, 0.2) is 0 Å². The third-order valence-electron chi connectivity index (χ3n) is 6.78. The zero-order valence-electron chi connectivity index (χ0n) is 20.9. The van der Waals surface area contributed by atoms with Crippen LogP contribution in [0.5, 0.6) is 0 Å². The van der Waals surface area contributed by atoms with Crippen LogP contribution in [0.1, 0.15) is 67.6 Å². The molecule has 4 heteroatoms. The van der Waals surface area contributed by atoms with Crippen molar-refractivity contribution < 1.29 is 4.79 Å². The number of carbonyl (C=O) groups is 1. The van der Waals surface area contributed by atoms with Gasteiger partial charge in [0.25, 0.3) is 5.91 Å². The molecule has 0 fully saturated rings. The molecule has 1 amide bonds. The summed E-state index contributed by atoms with van der Waals surface area (Å²) >= 11 is 0. The molecule has 1 heterocycles. The Hall–Kier alpha value is -2.85. The van der Waals surface area contributed by atoms with Gasteiger partial charge in [-0.05, 0) is 106 Å². The number of fused-ring (bicyclic) bond motifs is 1. The minimum atomic E-state index is 0.0156. The van der Waals surface area contributed by atoms with E-state index in [1.807, 2.05) is 12.1 Å². The highest BCUT2D eigenvalue weighted by atomic mass is 16.1. The summed E-state index contributed by atoms with van der Waals surface area (Å²) in [6, 6.07) is 21.1. The van der Waals surface area contributed by atoms with E-state index in [0.717, 1.165) is 50.1 Å². The van der Waals surface area contributed by atoms with Gasteiger partial charge in [-0.15, -0.1) is 0 Å². The molecule has 1 aliphatic carbocycles. The van der Waals surface area contributed by atoms with Crippen LogP contribution >= 0.6 is 0 Å². The smallest absolute Gasteiger partial charge is 0.251 e. The molecule has 1 aliphatic rings. The van der Waals surface area contributed by atoms with Crippen LogP contribution in [0.2, 0.25) is 0 Å². The fourth-order valence-corrected chi connectivity index (χ4v) is 5.15. The molecule has 0 atom stereocenters. The van der Waals surface area contributed by atoms with Crippen LogP contribution in [0.4, 0.5) is 0 Å². The van der Waals surface area contributed by atoms with Crippen molar-refractivity contribution in [2.75, 3.05) is 26.2 Å². The molecule has 2 aromatic carbocycles. The number of nitrogens with one attached hydrogen (secondary N) is 1. The van der Waals surface area contributed by atoms with Gasteiger partial charge >= 0.3 is 0 Å². The lowest BCUT2D eigenvalue weighted by molar-refractivity contribution is 0.0951. The third kappa shape index (κ3) is 5.79. The lowest BCUT2D eigenvalue weighted by Gasteiger charge is -2.20. The summed E-state index contributed by atoms with van der Waals surface area (Å²) in [5, 5.41) is 3.11. The van der Waals surface area contributed by atoms with Gasteiger partial charge in [0.05, 0.1) is 5.69 Å². The van der Waals surface area contributed by atoms with Gasteiger partial charge < -0.3 is 14.8 Å². The molecule has 0 saturated heterocycles. The molecule has 1 aromatic heterocycles. The maximum absolute atomic E-state index is 12.7. The second-order valence-corrected chi connectivity index (χ2v) is 9.41. The van der Waals surface area contributed by atoms with Crippen LogP contribution in [-0.4, -0.2) is 41.6 Å². The molecule has 0 unspecified atom stereocenters. The second kappa shape index (κ2) is 12.0. The Morgan fingerprint density at radius 2 is 1.62 bits per heavy atom. The number of aromatic nitrogens is 1. The highest BCUT2D eigenvalue weighted by Crippen LogP contribution is 2.33. The molecule has 4 nitrogen and oxygen atoms in total. The van der Waals surface area contributed by atoms with Crippen molar-refractivity contribution in [1.82, 2.24) is 14.8 Å². The molecule has 0 radical (unpaired) electrons. The summed E-state index contributed by atoms with van der Waals surface area (Å²) in [6.07, 6.45) is 8.09. The maximum Gasteiger partial charge on any atom is 0.251 e. The Balaban J connectivity index is 1.45. The van der Waals surface area contributed by atoms with E-state index in [-0.39, 0.29) is 5.91 Å². The Morgan fingerprint density at radius 3 is 2.32 bits per heavy atom. The minimum Gasteiger partial charge on any atom is -0.352 e. The van der Waals surface area contributed by atoms with E-state index < -0.39 is 0 Å². The van der Waals surface area contributed by atoms with Crippen molar-refractivity contribution in [1.29, 1.82) is 0 Å². The number of rotatable bonds is 11. The molecule has 180 valence electrons. The average Bonchev–Trinajstić information content (AvgIpc) is 3.27. The summed E-state index contributed by atoms with van der Waals surface area (Å²) in [4.78, 5) is 15.2. The van der Waals surface area contributed by atoms with Crippen molar-refractivity contribution in [2.45, 2.75) is 58.8 Å². The first kappa shape index (κ1) is 24.3. The van der Waals surface area contributed by atoms with Crippen LogP contribution in [-0.2, 0) is 12.8 Å². The zero-order valence-corrected chi connectivity index (χ0v) is 20.9. The van der Waals surface area contributed by atoms with Crippen molar-refractivity contribution in [3.05, 3.63) is 77.5 Å². The van der Waals surface area contributed by atoms with E-state index >= 15 is 0 Å². The van der Waals surface area contributed by atoms with Crippen LogP contribution in [0, 0.1) is 0 Å². The molecular formula is C30H39N3O. The predicted molar refractivity (Wildman–Crippen MR) is 142 cm³/mol. The summed E-state index contributed by atoms with van der Waals surface area (Å²) < 4.78 is 2.40. The van der Waals surface area contributed by atoms with E-state index in [1.165, 1.54) is 48.2 Å². The highest BCUT2D eigenvalue weighted by Gasteiger charge is 2.20. The van der Waals surface area contributed by atoms with Crippen LogP contribution in [0.3, 0.4) is 0 Å². The molecule has 3 aromatic rings. The molecule has 4 rings (SSSR count). The van der Waals surface area contributed by atoms with E-state index in [0.29, 0.717) is 6.54 Å². The van der Waals surface area contributed by atoms with E-state index in [2.05, 4.69) is 77.2 Å². The van der Waals surface area contributed by atoms with Crippen LogP contribution in [0.15, 0.2) is 60.7 Å². The first-order valence-corrected chi connectivity index (χ1v) is 13.1. The van der Waals surface area contributed by atoms with Gasteiger partial charge in [0.1, 0.15) is 0 Å². The van der Waals surface area contributed by atoms with Crippen molar-refractivity contribution in [2.24, 2.45) is 0 Å². The first-order chi connectivity index (χ1) is 16.7. The van der Waals surface area contributed by atoms with Gasteiger partial charge in [-0.3, -0.25) is 4.79 Å². The number of amides is 1. The molecule has 0 saturated carbocycles. The van der Waals surface area contributed by atoms with E-state index in [4.69, 9.17) is 0 Å². The zero-order chi connectivity index (χ0) is 23.8. The van der Waals surface area contributed by atoms with Crippen molar-refractivity contribution >= 4 is 5.91 Å². The van der Waals surface area contributed by atoms with Gasteiger partial charge in [-0.1, -0.05) is 44.2 Å². The predicted octanol–water partition coefficient (Wildman–Crippen LogP) is 6.27. The molecule has 0 spiro atoms. The average molecular weight is 458 g/mol. The number of aryl methyl sites for hydroxylation is 1. The normalized spacial score (nSPS) is 13.1. The fraction of sp³-hybridized carbons (Fsp3) is 0.433. The monoisotopic (exact) mass is 457 g/mol. The van der Waals surface area contributed by atoms with Crippen molar-refractivity contribution in [3.8, 4) is 16.9 Å². The third-order valence-corrected chi connectivity index (χ3v) is 6.78. The number of hydrogen-bond donors (Lipinski definition) is 1. The van der Waals surface area contributed by atoms with Crippen LogP contribution < -0.4 is 5.32 Å². The van der Waals surface area contributed by atoms with Gasteiger partial charge in [0.2, 0.25) is 0 Å². The SMILES string of the molecule is CCCN(CCC)CCCNC(=O)c1ccc(-n2c(-c3ccccc3)cc3c2CCCC3)cc1. The summed E-state index contributed by atoms with van der Waals surface area (Å²) in [5.74, 6) is 0.0156. The Kier molecular flexibility index (Phi) is 8.59. The highest BCUT2D eigenvalue weighted by molar-refractivity contribution is 5.94. The Labute approximate surface area is 205 Å². The molecule has 0 aliphatic heterocycles. The number of hydrogen-bond acceptors (Lipinski definition) is 2. The Bertz CT molecular complexity index is 1050. The largest absolute Gasteiger partial charge is 0.352 e. The minimum absolute atomic E-state index is 0.0156. The summed E-state index contributed by atoms with van der Waals surface area (Å²) in [5.41, 5.74) is 7.23. The molecule has 34 heavy (non-hydrogen) atoms. The molecule has 1 N–H and O–H groups in total. The summed E-state index contributed by atoms with van der Waals surface area (Å²) in [6.45, 7) is 8.48. The number of carbonyl (C=O) groups excluding carboxylic acids is 1. The fourth-order valence-electron chi connectivity index (χ4n) is 5.15. The van der Waals surface area contributed by atoms with Gasteiger partial charge in [-0.25, -0.2) is 0 Å².